The molecule has 100 valence electrons. The molecule has 1 aromatic rings. The molecule has 1 aliphatic rings. The maximum atomic E-state index is 5.78. The van der Waals surface area contributed by atoms with Crippen molar-refractivity contribution in [3.8, 4) is 0 Å². The molecule has 3 N–H and O–H groups in total. The third kappa shape index (κ3) is 3.57. The van der Waals surface area contributed by atoms with Gasteiger partial charge in [-0.3, -0.25) is 0 Å². The molecule has 5 heteroatoms. The second-order valence-corrected chi connectivity index (χ2v) is 5.04. The van der Waals surface area contributed by atoms with Gasteiger partial charge in [-0.1, -0.05) is 13.8 Å². The molecule has 0 radical (unpaired) electrons. The zero-order valence-corrected chi connectivity index (χ0v) is 11.1. The van der Waals surface area contributed by atoms with E-state index in [2.05, 4.69) is 29.1 Å². The van der Waals surface area contributed by atoms with Crippen LogP contribution in [0.1, 0.15) is 44.9 Å². The van der Waals surface area contributed by atoms with E-state index in [1.165, 1.54) is 12.8 Å². The highest BCUT2D eigenvalue weighted by atomic mass is 16.5. The Morgan fingerprint density at radius 3 is 3.00 bits per heavy atom. The summed E-state index contributed by atoms with van der Waals surface area (Å²) in [6.07, 6.45) is 3.77. The highest BCUT2D eigenvalue weighted by molar-refractivity contribution is 5.44. The molecule has 0 saturated carbocycles. The van der Waals surface area contributed by atoms with E-state index >= 15 is 0 Å². The number of ether oxygens (including phenoxy) is 1. The summed E-state index contributed by atoms with van der Waals surface area (Å²) in [6.45, 7) is 5.89. The van der Waals surface area contributed by atoms with Gasteiger partial charge in [-0.25, -0.2) is 9.97 Å². The van der Waals surface area contributed by atoms with E-state index in [9.17, 15) is 0 Å². The Labute approximate surface area is 108 Å². The first kappa shape index (κ1) is 13.1. The Balaban J connectivity index is 1.88. The van der Waals surface area contributed by atoms with Crippen LogP contribution in [0.5, 0.6) is 0 Å². The highest BCUT2D eigenvalue weighted by Crippen LogP contribution is 2.17. The van der Waals surface area contributed by atoms with Crippen LogP contribution in [0.2, 0.25) is 0 Å². The molecule has 1 unspecified atom stereocenters. The molecule has 0 spiro atoms. The number of aromatic nitrogens is 2. The van der Waals surface area contributed by atoms with E-state index in [4.69, 9.17) is 10.5 Å². The lowest BCUT2D eigenvalue weighted by molar-refractivity contribution is 0.107. The quantitative estimate of drug-likeness (QED) is 0.837. The van der Waals surface area contributed by atoms with E-state index in [0.717, 1.165) is 31.2 Å². The fourth-order valence-corrected chi connectivity index (χ4v) is 2.07. The first-order chi connectivity index (χ1) is 8.65. The van der Waals surface area contributed by atoms with E-state index in [1.807, 2.05) is 0 Å². The van der Waals surface area contributed by atoms with Crippen molar-refractivity contribution < 1.29 is 4.74 Å². The number of nitrogen functional groups attached to an aromatic ring is 1. The van der Waals surface area contributed by atoms with Crippen molar-refractivity contribution in [1.82, 2.24) is 9.97 Å². The summed E-state index contributed by atoms with van der Waals surface area (Å²) in [4.78, 5) is 8.68. The first-order valence-corrected chi connectivity index (χ1v) is 6.65. The molecular weight excluding hydrogens is 228 g/mol. The second kappa shape index (κ2) is 6.00. The molecule has 5 nitrogen and oxygen atoms in total. The number of nitrogens with two attached hydrogens (primary N) is 1. The summed E-state index contributed by atoms with van der Waals surface area (Å²) in [7, 11) is 0. The third-order valence-electron chi connectivity index (χ3n) is 3.08. The largest absolute Gasteiger partial charge is 0.384 e. The molecular formula is C13H22N4O. The van der Waals surface area contributed by atoms with E-state index in [1.54, 1.807) is 6.07 Å². The fraction of sp³-hybridized carbons (Fsp3) is 0.692. The lowest BCUT2D eigenvalue weighted by Gasteiger charge is -2.12. The molecule has 18 heavy (non-hydrogen) atoms. The summed E-state index contributed by atoms with van der Waals surface area (Å²) in [5.41, 5.74) is 5.78. The van der Waals surface area contributed by atoms with Gasteiger partial charge in [0.05, 0.1) is 6.10 Å². The van der Waals surface area contributed by atoms with Crippen LogP contribution < -0.4 is 11.1 Å². The van der Waals surface area contributed by atoms with Crippen molar-refractivity contribution in [2.45, 2.75) is 45.1 Å². The number of nitrogens with zero attached hydrogens (tertiary/aromatic N) is 2. The maximum absolute atomic E-state index is 5.78. The smallest absolute Gasteiger partial charge is 0.135 e. The number of nitrogens with one attached hydrogen (secondary N) is 1. The number of hydrogen-bond acceptors (Lipinski definition) is 5. The van der Waals surface area contributed by atoms with Gasteiger partial charge >= 0.3 is 0 Å². The molecule has 1 atom stereocenters. The van der Waals surface area contributed by atoms with Crippen LogP contribution in [0.25, 0.3) is 0 Å². The fourth-order valence-electron chi connectivity index (χ4n) is 2.07. The number of anilines is 2. The van der Waals surface area contributed by atoms with E-state index < -0.39 is 0 Å². The van der Waals surface area contributed by atoms with Crippen LogP contribution in [0.15, 0.2) is 6.07 Å². The zero-order valence-electron chi connectivity index (χ0n) is 11.1. The van der Waals surface area contributed by atoms with Crippen LogP contribution >= 0.6 is 0 Å². The molecule has 0 amide bonds. The second-order valence-electron chi connectivity index (χ2n) is 5.04. The molecule has 1 saturated heterocycles. The van der Waals surface area contributed by atoms with Crippen LogP contribution in [-0.4, -0.2) is 29.2 Å². The SMILES string of the molecule is CC(C)c1nc(N)cc(NCCC2CCCO2)n1. The average molecular weight is 250 g/mol. The lowest BCUT2D eigenvalue weighted by atomic mass is 10.2. The molecule has 2 rings (SSSR count). The van der Waals surface area contributed by atoms with Crippen LogP contribution in [0, 0.1) is 0 Å². The highest BCUT2D eigenvalue weighted by Gasteiger charge is 2.14. The summed E-state index contributed by atoms with van der Waals surface area (Å²) in [5.74, 6) is 2.40. The van der Waals surface area contributed by atoms with Crippen molar-refractivity contribution >= 4 is 11.6 Å². The van der Waals surface area contributed by atoms with Crippen molar-refractivity contribution in [3.05, 3.63) is 11.9 Å². The molecule has 0 aliphatic carbocycles. The topological polar surface area (TPSA) is 73.1 Å². The number of hydrogen-bond donors (Lipinski definition) is 2. The van der Waals surface area contributed by atoms with E-state index in [0.29, 0.717) is 11.9 Å². The van der Waals surface area contributed by atoms with Gasteiger partial charge in [0.25, 0.3) is 0 Å². The Kier molecular flexibility index (Phi) is 4.36. The lowest BCUT2D eigenvalue weighted by Crippen LogP contribution is -2.14. The van der Waals surface area contributed by atoms with Crippen molar-refractivity contribution in [3.63, 3.8) is 0 Å². The third-order valence-corrected chi connectivity index (χ3v) is 3.08. The minimum Gasteiger partial charge on any atom is -0.384 e. The predicted molar refractivity (Wildman–Crippen MR) is 72.6 cm³/mol. The van der Waals surface area contributed by atoms with Crippen molar-refractivity contribution in [2.24, 2.45) is 0 Å². The van der Waals surface area contributed by atoms with Gasteiger partial charge in [-0.2, -0.15) is 0 Å². The molecule has 0 bridgehead atoms. The summed E-state index contributed by atoms with van der Waals surface area (Å²) in [5, 5.41) is 3.30. The molecule has 1 aromatic heterocycles. The monoisotopic (exact) mass is 250 g/mol. The molecule has 2 heterocycles. The summed E-state index contributed by atoms with van der Waals surface area (Å²) in [6, 6.07) is 1.78. The first-order valence-electron chi connectivity index (χ1n) is 6.65. The average Bonchev–Trinajstić information content (AvgIpc) is 2.81. The minimum atomic E-state index is 0.284. The number of rotatable bonds is 5. The molecule has 0 aromatic carbocycles. The van der Waals surface area contributed by atoms with Gasteiger partial charge in [0.2, 0.25) is 0 Å². The molecule has 1 fully saturated rings. The van der Waals surface area contributed by atoms with Gasteiger partial charge in [0.1, 0.15) is 17.5 Å². The van der Waals surface area contributed by atoms with Gasteiger partial charge in [0, 0.05) is 25.1 Å². The standard InChI is InChI=1S/C13H22N4O/c1-9(2)13-16-11(14)8-12(17-13)15-6-5-10-4-3-7-18-10/h8-10H,3-7H2,1-2H3,(H3,14,15,16,17). The van der Waals surface area contributed by atoms with Gasteiger partial charge in [-0.15, -0.1) is 0 Å². The van der Waals surface area contributed by atoms with Gasteiger partial charge in [-0.05, 0) is 19.3 Å². The van der Waals surface area contributed by atoms with Crippen molar-refractivity contribution in [1.29, 1.82) is 0 Å². The van der Waals surface area contributed by atoms with Crippen LogP contribution in [0.4, 0.5) is 11.6 Å². The Morgan fingerprint density at radius 2 is 2.33 bits per heavy atom. The Morgan fingerprint density at radius 1 is 1.50 bits per heavy atom. The molecule has 1 aliphatic heterocycles. The van der Waals surface area contributed by atoms with Crippen molar-refractivity contribution in [2.75, 3.05) is 24.2 Å². The van der Waals surface area contributed by atoms with E-state index in [-0.39, 0.29) is 5.92 Å². The predicted octanol–water partition coefficient (Wildman–Crippen LogP) is 2.16. The van der Waals surface area contributed by atoms with Crippen LogP contribution in [-0.2, 0) is 4.74 Å². The Bertz CT molecular complexity index is 389. The minimum absolute atomic E-state index is 0.284. The zero-order chi connectivity index (χ0) is 13.0. The van der Waals surface area contributed by atoms with Crippen LogP contribution in [0.3, 0.4) is 0 Å². The maximum Gasteiger partial charge on any atom is 0.135 e. The summed E-state index contributed by atoms with van der Waals surface area (Å²) >= 11 is 0. The van der Waals surface area contributed by atoms with Gasteiger partial charge < -0.3 is 15.8 Å². The normalized spacial score (nSPS) is 19.4. The summed E-state index contributed by atoms with van der Waals surface area (Å²) < 4.78 is 5.58. The Hall–Kier alpha value is -1.36. The van der Waals surface area contributed by atoms with Gasteiger partial charge in [0.15, 0.2) is 0 Å².